The fraction of sp³-hybridized carbons (Fsp3) is 0.652. The molecule has 1 aromatic carbocycles. The fourth-order valence-corrected chi connectivity index (χ4v) is 4.67. The molecule has 180 valence electrons. The minimum Gasteiger partial charge on any atom is -0.444 e. The van der Waals surface area contributed by atoms with Crippen molar-refractivity contribution in [3.63, 3.8) is 0 Å². The van der Waals surface area contributed by atoms with E-state index in [2.05, 4.69) is 51.6 Å². The molecule has 1 amide bonds. The van der Waals surface area contributed by atoms with Crippen molar-refractivity contribution in [2.75, 3.05) is 49.1 Å². The highest BCUT2D eigenvalue weighted by Gasteiger charge is 2.27. The standard InChI is InChI=1S/C23H37N5O2S.HI/c1-5-24-21(28-11-10-19(17-28)26-22(29)30-23(2,3)4)25-16-18-6-8-20(9-7-18)27-12-14-31-15-13-27;/h6-9,19H,5,10-17H2,1-4H3,(H,24,25)(H,26,29);1H. The van der Waals surface area contributed by atoms with Crippen LogP contribution in [0.3, 0.4) is 0 Å². The number of likely N-dealkylation sites (tertiary alicyclic amines) is 1. The second-order valence-electron chi connectivity index (χ2n) is 9.01. The van der Waals surface area contributed by atoms with Gasteiger partial charge in [0.25, 0.3) is 0 Å². The van der Waals surface area contributed by atoms with Crippen LogP contribution in [0.15, 0.2) is 29.3 Å². The smallest absolute Gasteiger partial charge is 0.407 e. The van der Waals surface area contributed by atoms with Crippen LogP contribution in [0.4, 0.5) is 10.5 Å². The third-order valence-corrected chi connectivity index (χ3v) is 6.21. The molecule has 1 aromatic rings. The second kappa shape index (κ2) is 12.8. The molecule has 1 atom stereocenters. The molecule has 0 aromatic heterocycles. The molecule has 2 aliphatic heterocycles. The molecule has 2 fully saturated rings. The summed E-state index contributed by atoms with van der Waals surface area (Å²) in [6.07, 6.45) is 0.528. The van der Waals surface area contributed by atoms with Crippen LogP contribution in [0.1, 0.15) is 39.7 Å². The molecule has 2 heterocycles. The molecule has 0 saturated carbocycles. The second-order valence-corrected chi connectivity index (χ2v) is 10.2. The van der Waals surface area contributed by atoms with Gasteiger partial charge in [-0.25, -0.2) is 9.79 Å². The van der Waals surface area contributed by atoms with Gasteiger partial charge >= 0.3 is 6.09 Å². The van der Waals surface area contributed by atoms with Crippen molar-refractivity contribution >= 4 is 53.5 Å². The summed E-state index contributed by atoms with van der Waals surface area (Å²) in [6, 6.07) is 8.86. The van der Waals surface area contributed by atoms with Crippen LogP contribution in [0, 0.1) is 0 Å². The van der Waals surface area contributed by atoms with Gasteiger partial charge in [-0.3, -0.25) is 0 Å². The van der Waals surface area contributed by atoms with Crippen molar-refractivity contribution in [2.45, 2.75) is 52.3 Å². The minimum atomic E-state index is -0.485. The number of halogens is 1. The molecule has 2 N–H and O–H groups in total. The third-order valence-electron chi connectivity index (χ3n) is 5.27. The number of guanidine groups is 1. The van der Waals surface area contributed by atoms with E-state index in [-0.39, 0.29) is 36.1 Å². The molecular formula is C23H38IN5O2S. The Hall–Kier alpha value is -1.36. The molecule has 2 saturated heterocycles. The van der Waals surface area contributed by atoms with Crippen molar-refractivity contribution in [1.29, 1.82) is 0 Å². The van der Waals surface area contributed by atoms with Crippen LogP contribution in [0.25, 0.3) is 0 Å². The maximum absolute atomic E-state index is 12.1. The molecule has 0 bridgehead atoms. The number of amides is 1. The summed E-state index contributed by atoms with van der Waals surface area (Å²) in [5.41, 5.74) is 2.02. The van der Waals surface area contributed by atoms with Gasteiger partial charge in [0.05, 0.1) is 12.6 Å². The number of benzene rings is 1. The molecular weight excluding hydrogens is 537 g/mol. The highest BCUT2D eigenvalue weighted by atomic mass is 127. The van der Waals surface area contributed by atoms with Crippen LogP contribution in [0.5, 0.6) is 0 Å². The quantitative estimate of drug-likeness (QED) is 0.315. The first-order valence-corrected chi connectivity index (χ1v) is 12.4. The summed E-state index contributed by atoms with van der Waals surface area (Å²) in [7, 11) is 0. The van der Waals surface area contributed by atoms with E-state index >= 15 is 0 Å². The van der Waals surface area contributed by atoms with Gasteiger partial charge in [-0.1, -0.05) is 12.1 Å². The minimum absolute atomic E-state index is 0. The van der Waals surface area contributed by atoms with Gasteiger partial charge in [0.1, 0.15) is 5.60 Å². The number of aliphatic imine (C=N–C) groups is 1. The lowest BCUT2D eigenvalue weighted by Gasteiger charge is -2.28. The lowest BCUT2D eigenvalue weighted by molar-refractivity contribution is 0.0507. The molecule has 0 spiro atoms. The molecule has 1 unspecified atom stereocenters. The van der Waals surface area contributed by atoms with Crippen LogP contribution in [0.2, 0.25) is 0 Å². The number of alkyl carbamates (subject to hydrolysis) is 1. The summed E-state index contributed by atoms with van der Waals surface area (Å²) >= 11 is 2.03. The molecule has 0 aliphatic carbocycles. The summed E-state index contributed by atoms with van der Waals surface area (Å²) in [5, 5.41) is 6.37. The van der Waals surface area contributed by atoms with Gasteiger partial charge in [0.15, 0.2) is 5.96 Å². The third kappa shape index (κ3) is 8.53. The lowest BCUT2D eigenvalue weighted by atomic mass is 10.2. The first-order chi connectivity index (χ1) is 14.8. The van der Waals surface area contributed by atoms with E-state index in [1.807, 2.05) is 32.5 Å². The predicted molar refractivity (Wildman–Crippen MR) is 146 cm³/mol. The van der Waals surface area contributed by atoms with E-state index in [1.54, 1.807) is 0 Å². The first kappa shape index (κ1) is 26.9. The Kier molecular flexibility index (Phi) is 10.7. The summed E-state index contributed by atoms with van der Waals surface area (Å²) in [6.45, 7) is 13.0. The van der Waals surface area contributed by atoms with Gasteiger partial charge in [-0.2, -0.15) is 11.8 Å². The Morgan fingerprint density at radius 2 is 1.88 bits per heavy atom. The number of carbonyl (C=O) groups excluding carboxylic acids is 1. The van der Waals surface area contributed by atoms with E-state index in [0.717, 1.165) is 45.1 Å². The molecule has 7 nitrogen and oxygen atoms in total. The van der Waals surface area contributed by atoms with Crippen molar-refractivity contribution in [2.24, 2.45) is 4.99 Å². The topological polar surface area (TPSA) is 69.2 Å². The zero-order valence-corrected chi connectivity index (χ0v) is 22.9. The Labute approximate surface area is 214 Å². The Bertz CT molecular complexity index is 748. The molecule has 2 aliphatic rings. The van der Waals surface area contributed by atoms with E-state index in [4.69, 9.17) is 9.73 Å². The summed E-state index contributed by atoms with van der Waals surface area (Å²) in [5.74, 6) is 3.31. The number of nitrogens with one attached hydrogen (secondary N) is 2. The fourth-order valence-electron chi connectivity index (χ4n) is 3.77. The predicted octanol–water partition coefficient (Wildman–Crippen LogP) is 3.92. The van der Waals surface area contributed by atoms with Crippen molar-refractivity contribution in [1.82, 2.24) is 15.5 Å². The Balaban J connectivity index is 0.00000363. The number of hydrogen-bond acceptors (Lipinski definition) is 5. The first-order valence-electron chi connectivity index (χ1n) is 11.3. The van der Waals surface area contributed by atoms with Crippen molar-refractivity contribution in [3.05, 3.63) is 29.8 Å². The van der Waals surface area contributed by atoms with Crippen LogP contribution >= 0.6 is 35.7 Å². The number of anilines is 1. The van der Waals surface area contributed by atoms with Gasteiger partial charge in [0, 0.05) is 49.9 Å². The highest BCUT2D eigenvalue weighted by molar-refractivity contribution is 14.0. The van der Waals surface area contributed by atoms with Gasteiger partial charge < -0.3 is 25.2 Å². The van der Waals surface area contributed by atoms with Crippen molar-refractivity contribution in [3.8, 4) is 0 Å². The number of carbonyl (C=O) groups is 1. The molecule has 9 heteroatoms. The largest absolute Gasteiger partial charge is 0.444 e. The van der Waals surface area contributed by atoms with E-state index < -0.39 is 5.60 Å². The van der Waals surface area contributed by atoms with Crippen LogP contribution in [-0.4, -0.2) is 72.8 Å². The van der Waals surface area contributed by atoms with Crippen molar-refractivity contribution < 1.29 is 9.53 Å². The monoisotopic (exact) mass is 575 g/mol. The number of ether oxygens (including phenoxy) is 1. The molecule has 3 rings (SSSR count). The van der Waals surface area contributed by atoms with Gasteiger partial charge in [-0.05, 0) is 51.8 Å². The van der Waals surface area contributed by atoms with E-state index in [1.165, 1.54) is 22.8 Å². The number of hydrogen-bond donors (Lipinski definition) is 2. The van der Waals surface area contributed by atoms with Crippen LogP contribution in [-0.2, 0) is 11.3 Å². The summed E-state index contributed by atoms with van der Waals surface area (Å²) < 4.78 is 5.38. The lowest BCUT2D eigenvalue weighted by Crippen LogP contribution is -2.44. The zero-order valence-electron chi connectivity index (χ0n) is 19.7. The zero-order chi connectivity index (χ0) is 22.3. The normalized spacial score (nSPS) is 19.4. The number of thioether (sulfide) groups is 1. The maximum Gasteiger partial charge on any atom is 0.407 e. The number of rotatable bonds is 5. The average molecular weight is 576 g/mol. The van der Waals surface area contributed by atoms with E-state index in [0.29, 0.717) is 6.54 Å². The molecule has 32 heavy (non-hydrogen) atoms. The SMILES string of the molecule is CCNC(=NCc1ccc(N2CCSCC2)cc1)N1CCC(NC(=O)OC(C)(C)C)C1.I. The van der Waals surface area contributed by atoms with E-state index in [9.17, 15) is 4.79 Å². The average Bonchev–Trinajstić information content (AvgIpc) is 3.19. The maximum atomic E-state index is 12.1. The molecule has 0 radical (unpaired) electrons. The van der Waals surface area contributed by atoms with Gasteiger partial charge in [0.2, 0.25) is 0 Å². The Morgan fingerprint density at radius 1 is 1.19 bits per heavy atom. The Morgan fingerprint density at radius 3 is 2.50 bits per heavy atom. The van der Waals surface area contributed by atoms with Crippen LogP contribution < -0.4 is 15.5 Å². The summed E-state index contributed by atoms with van der Waals surface area (Å²) in [4.78, 5) is 21.6. The highest BCUT2D eigenvalue weighted by Crippen LogP contribution is 2.20. The van der Waals surface area contributed by atoms with Gasteiger partial charge in [-0.15, -0.1) is 24.0 Å². The number of nitrogens with zero attached hydrogens (tertiary/aromatic N) is 3.